The first-order valence-corrected chi connectivity index (χ1v) is 11.7. The van der Waals surface area contributed by atoms with Crippen LogP contribution < -0.4 is 10.1 Å². The summed E-state index contributed by atoms with van der Waals surface area (Å²) in [5, 5.41) is 13.8. The number of hydrogen-bond donors (Lipinski definition) is 1. The maximum atomic E-state index is 6.41. The summed E-state index contributed by atoms with van der Waals surface area (Å²) in [4.78, 5) is 11.3. The van der Waals surface area contributed by atoms with Crippen molar-refractivity contribution < 1.29 is 4.74 Å². The summed E-state index contributed by atoms with van der Waals surface area (Å²) >= 11 is 12.6. The van der Waals surface area contributed by atoms with E-state index in [0.29, 0.717) is 33.3 Å². The molecular formula is C24H25Cl2N7O. The summed E-state index contributed by atoms with van der Waals surface area (Å²) in [6.45, 7) is 8.62. The van der Waals surface area contributed by atoms with Crippen LogP contribution in [0.5, 0.6) is 5.75 Å². The molecule has 0 radical (unpaired) electrons. The molecular weight excluding hydrogens is 473 g/mol. The van der Waals surface area contributed by atoms with Gasteiger partial charge in [-0.15, -0.1) is 5.10 Å². The molecule has 0 saturated carbocycles. The molecule has 1 fully saturated rings. The Balaban J connectivity index is 1.44. The van der Waals surface area contributed by atoms with Gasteiger partial charge in [0.2, 0.25) is 0 Å². The van der Waals surface area contributed by atoms with E-state index in [1.165, 1.54) is 6.33 Å². The third kappa shape index (κ3) is 4.29. The van der Waals surface area contributed by atoms with Crippen molar-refractivity contribution in [2.75, 3.05) is 25.5 Å². The minimum Gasteiger partial charge on any atom is -0.495 e. The summed E-state index contributed by atoms with van der Waals surface area (Å²) in [5.74, 6) is 1.13. The first kappa shape index (κ1) is 22.8. The minimum absolute atomic E-state index is 0.165. The van der Waals surface area contributed by atoms with Gasteiger partial charge in [-0.2, -0.15) is 0 Å². The zero-order valence-electron chi connectivity index (χ0n) is 19.4. The van der Waals surface area contributed by atoms with E-state index < -0.39 is 0 Å². The quantitative estimate of drug-likeness (QED) is 0.384. The fraction of sp³-hybridized carbons (Fsp3) is 0.333. The van der Waals surface area contributed by atoms with Crippen LogP contribution in [0.4, 0.5) is 11.5 Å². The lowest BCUT2D eigenvalue weighted by atomic mass is 9.98. The SMILES string of the molecule is COc1cc(Nc2ncnc3ccc(-c4cn(C5CN(C(C)(C)C)C5)nn4)cc23)c(Cl)cc1Cl. The lowest BCUT2D eigenvalue weighted by Gasteiger charge is -2.47. The lowest BCUT2D eigenvalue weighted by molar-refractivity contribution is 0.0148. The smallest absolute Gasteiger partial charge is 0.141 e. The highest BCUT2D eigenvalue weighted by atomic mass is 35.5. The molecule has 4 aromatic rings. The number of aromatic nitrogens is 5. The molecule has 34 heavy (non-hydrogen) atoms. The maximum absolute atomic E-state index is 6.41. The third-order valence-electron chi connectivity index (χ3n) is 6.12. The number of halogens is 2. The van der Waals surface area contributed by atoms with E-state index in [0.717, 1.165) is 35.2 Å². The summed E-state index contributed by atoms with van der Waals surface area (Å²) in [6, 6.07) is 9.67. The molecule has 2 aromatic carbocycles. The zero-order chi connectivity index (χ0) is 24.0. The van der Waals surface area contributed by atoms with Gasteiger partial charge < -0.3 is 10.1 Å². The Kier molecular flexibility index (Phi) is 5.83. The van der Waals surface area contributed by atoms with Gasteiger partial charge in [-0.25, -0.2) is 14.6 Å². The van der Waals surface area contributed by atoms with E-state index >= 15 is 0 Å². The van der Waals surface area contributed by atoms with Crippen molar-refractivity contribution in [3.63, 3.8) is 0 Å². The van der Waals surface area contributed by atoms with E-state index in [4.69, 9.17) is 27.9 Å². The van der Waals surface area contributed by atoms with E-state index in [1.54, 1.807) is 19.2 Å². The van der Waals surface area contributed by atoms with Crippen LogP contribution in [0.2, 0.25) is 10.0 Å². The average Bonchev–Trinajstić information content (AvgIpc) is 3.23. The van der Waals surface area contributed by atoms with Crippen LogP contribution in [0.3, 0.4) is 0 Å². The van der Waals surface area contributed by atoms with Crippen LogP contribution in [0.25, 0.3) is 22.2 Å². The van der Waals surface area contributed by atoms with Crippen LogP contribution in [0.1, 0.15) is 26.8 Å². The summed E-state index contributed by atoms with van der Waals surface area (Å²) < 4.78 is 7.28. The predicted octanol–water partition coefficient (Wildman–Crippen LogP) is 5.60. The van der Waals surface area contributed by atoms with Gasteiger partial charge in [0.05, 0.1) is 40.6 Å². The highest BCUT2D eigenvalue weighted by molar-refractivity contribution is 6.37. The second kappa shape index (κ2) is 8.69. The number of rotatable bonds is 5. The fourth-order valence-electron chi connectivity index (χ4n) is 3.98. The molecule has 0 aliphatic carbocycles. The Morgan fingerprint density at radius 3 is 2.59 bits per heavy atom. The molecule has 10 heteroatoms. The number of likely N-dealkylation sites (tertiary alicyclic amines) is 1. The third-order valence-corrected chi connectivity index (χ3v) is 6.73. The lowest BCUT2D eigenvalue weighted by Crippen LogP contribution is -2.56. The number of fused-ring (bicyclic) bond motifs is 1. The second-order valence-corrected chi connectivity index (χ2v) is 10.2. The van der Waals surface area contributed by atoms with Crippen molar-refractivity contribution in [3.05, 3.63) is 52.9 Å². The Morgan fingerprint density at radius 1 is 1.06 bits per heavy atom. The summed E-state index contributed by atoms with van der Waals surface area (Å²) in [6.07, 6.45) is 3.52. The Morgan fingerprint density at radius 2 is 1.85 bits per heavy atom. The molecule has 8 nitrogen and oxygen atoms in total. The van der Waals surface area contributed by atoms with Crippen LogP contribution in [0.15, 0.2) is 42.9 Å². The second-order valence-electron chi connectivity index (χ2n) is 9.36. The van der Waals surface area contributed by atoms with Crippen LogP contribution in [-0.4, -0.2) is 55.6 Å². The van der Waals surface area contributed by atoms with Gasteiger partial charge in [0.1, 0.15) is 23.6 Å². The molecule has 0 amide bonds. The van der Waals surface area contributed by atoms with Gasteiger partial charge in [0.15, 0.2) is 0 Å². The fourth-order valence-corrected chi connectivity index (χ4v) is 4.49. The van der Waals surface area contributed by atoms with Crippen LogP contribution >= 0.6 is 23.2 Å². The molecule has 1 N–H and O–H groups in total. The standard InChI is InChI=1S/C24H25Cl2N7O/c1-24(2,3)32-10-15(11-32)33-12-21(30-31-33)14-5-6-19-16(7-14)23(28-13-27-19)29-20-9-22(34-4)18(26)8-17(20)25/h5-9,12-13,15H,10-11H2,1-4H3,(H,27,28,29). The zero-order valence-corrected chi connectivity index (χ0v) is 20.9. The van der Waals surface area contributed by atoms with Crippen molar-refractivity contribution in [2.45, 2.75) is 32.4 Å². The maximum Gasteiger partial charge on any atom is 0.141 e. The minimum atomic E-state index is 0.165. The summed E-state index contributed by atoms with van der Waals surface area (Å²) in [7, 11) is 1.56. The topological polar surface area (TPSA) is 81.0 Å². The van der Waals surface area contributed by atoms with Gasteiger partial charge in [-0.3, -0.25) is 4.90 Å². The van der Waals surface area contributed by atoms with Crippen molar-refractivity contribution >= 4 is 45.6 Å². The van der Waals surface area contributed by atoms with Gasteiger partial charge in [0, 0.05) is 35.6 Å². The highest BCUT2D eigenvalue weighted by Gasteiger charge is 2.36. The van der Waals surface area contributed by atoms with Gasteiger partial charge in [-0.05, 0) is 39.0 Å². The first-order valence-electron chi connectivity index (χ1n) is 10.9. The number of anilines is 2. The number of nitrogens with zero attached hydrogens (tertiary/aromatic N) is 6. The van der Waals surface area contributed by atoms with Gasteiger partial charge in [-0.1, -0.05) is 34.5 Å². The average molecular weight is 498 g/mol. The molecule has 176 valence electrons. The van der Waals surface area contributed by atoms with Crippen molar-refractivity contribution in [3.8, 4) is 17.0 Å². The first-order chi connectivity index (χ1) is 16.2. The van der Waals surface area contributed by atoms with Crippen molar-refractivity contribution in [2.24, 2.45) is 0 Å². The molecule has 0 unspecified atom stereocenters. The molecule has 0 bridgehead atoms. The van der Waals surface area contributed by atoms with Crippen LogP contribution in [-0.2, 0) is 0 Å². The molecule has 1 aliphatic heterocycles. The largest absolute Gasteiger partial charge is 0.495 e. The van der Waals surface area contributed by atoms with Crippen molar-refractivity contribution in [1.82, 2.24) is 29.9 Å². The monoisotopic (exact) mass is 497 g/mol. The van der Waals surface area contributed by atoms with Crippen molar-refractivity contribution in [1.29, 1.82) is 0 Å². The Labute approximate surface area is 207 Å². The molecule has 1 saturated heterocycles. The molecule has 1 aliphatic rings. The van der Waals surface area contributed by atoms with E-state index in [9.17, 15) is 0 Å². The normalized spacial score (nSPS) is 14.9. The predicted molar refractivity (Wildman–Crippen MR) is 135 cm³/mol. The van der Waals surface area contributed by atoms with Gasteiger partial charge in [0.25, 0.3) is 0 Å². The number of ether oxygens (including phenoxy) is 1. The van der Waals surface area contributed by atoms with E-state index in [2.05, 4.69) is 51.3 Å². The van der Waals surface area contributed by atoms with E-state index in [1.807, 2.05) is 29.1 Å². The van der Waals surface area contributed by atoms with Gasteiger partial charge >= 0.3 is 0 Å². The molecule has 3 heterocycles. The molecule has 0 spiro atoms. The molecule has 5 rings (SSSR count). The number of methoxy groups -OCH3 is 1. The van der Waals surface area contributed by atoms with Crippen LogP contribution in [0, 0.1) is 0 Å². The Hall–Kier alpha value is -2.94. The summed E-state index contributed by atoms with van der Waals surface area (Å²) in [5.41, 5.74) is 3.33. The highest BCUT2D eigenvalue weighted by Crippen LogP contribution is 2.37. The number of benzene rings is 2. The van der Waals surface area contributed by atoms with E-state index in [-0.39, 0.29) is 5.54 Å². The molecule has 0 atom stereocenters. The number of hydrogen-bond acceptors (Lipinski definition) is 7. The number of nitrogens with one attached hydrogen (secondary N) is 1. The Bertz CT molecular complexity index is 1360. The molecule has 2 aromatic heterocycles.